The van der Waals surface area contributed by atoms with Crippen molar-refractivity contribution in [3.05, 3.63) is 65.2 Å². The first kappa shape index (κ1) is 19.9. The van der Waals surface area contributed by atoms with Gasteiger partial charge in [-0.05, 0) is 60.9 Å². The number of hydrogen-bond acceptors (Lipinski definition) is 4. The Morgan fingerprint density at radius 1 is 1.14 bits per heavy atom. The highest BCUT2D eigenvalue weighted by Gasteiger charge is 2.43. The molecule has 0 aromatic heterocycles. The second-order valence-corrected chi connectivity index (χ2v) is 8.15. The first-order chi connectivity index (χ1) is 14.1. The highest BCUT2D eigenvalue weighted by Crippen LogP contribution is 2.38. The molecule has 4 rings (SSSR count). The average molecular weight is 395 g/mol. The molecule has 1 aliphatic carbocycles. The summed E-state index contributed by atoms with van der Waals surface area (Å²) in [5.74, 6) is 0.767. The molecule has 1 amide bonds. The zero-order valence-electron chi connectivity index (χ0n) is 16.9. The molecule has 1 saturated heterocycles. The van der Waals surface area contributed by atoms with Crippen LogP contribution in [0.4, 0.5) is 0 Å². The quantitative estimate of drug-likeness (QED) is 0.816. The van der Waals surface area contributed by atoms with Crippen LogP contribution >= 0.6 is 0 Å². The van der Waals surface area contributed by atoms with Gasteiger partial charge in [-0.15, -0.1) is 0 Å². The number of carbonyl (C=O) groups is 1. The van der Waals surface area contributed by atoms with Crippen LogP contribution in [0.1, 0.15) is 42.4 Å². The van der Waals surface area contributed by atoms with Gasteiger partial charge in [0.1, 0.15) is 11.4 Å². The predicted octanol–water partition coefficient (Wildman–Crippen LogP) is 3.08. The van der Waals surface area contributed by atoms with Crippen molar-refractivity contribution in [3.8, 4) is 5.75 Å². The van der Waals surface area contributed by atoms with E-state index in [1.165, 1.54) is 0 Å². The van der Waals surface area contributed by atoms with Crippen molar-refractivity contribution in [2.45, 2.75) is 43.1 Å². The minimum absolute atomic E-state index is 0.0268. The summed E-state index contributed by atoms with van der Waals surface area (Å²) in [4.78, 5) is 13.4. The number of aryl methyl sites for hydroxylation is 1. The molecule has 1 heterocycles. The van der Waals surface area contributed by atoms with Crippen molar-refractivity contribution in [1.29, 1.82) is 0 Å². The third kappa shape index (κ3) is 3.77. The van der Waals surface area contributed by atoms with E-state index in [1.807, 2.05) is 48.5 Å². The lowest BCUT2D eigenvalue weighted by Gasteiger charge is -2.39. The third-order valence-corrected chi connectivity index (χ3v) is 6.50. The van der Waals surface area contributed by atoms with E-state index in [0.717, 1.165) is 35.3 Å². The normalized spacial score (nSPS) is 23.1. The van der Waals surface area contributed by atoms with Gasteiger partial charge in [0.25, 0.3) is 0 Å². The molecule has 1 aliphatic heterocycles. The first-order valence-electron chi connectivity index (χ1n) is 10.4. The molecule has 0 saturated carbocycles. The van der Waals surface area contributed by atoms with Gasteiger partial charge in [0.05, 0.1) is 19.1 Å². The van der Waals surface area contributed by atoms with Crippen molar-refractivity contribution in [2.75, 3.05) is 26.9 Å². The summed E-state index contributed by atoms with van der Waals surface area (Å²) in [5.41, 5.74) is 1.34. The highest BCUT2D eigenvalue weighted by atomic mass is 16.5. The van der Waals surface area contributed by atoms with Crippen molar-refractivity contribution >= 4 is 5.91 Å². The fourth-order valence-electron chi connectivity index (χ4n) is 4.77. The van der Waals surface area contributed by atoms with Gasteiger partial charge >= 0.3 is 0 Å². The Labute approximate surface area is 172 Å². The SMILES string of the molecule is COc1ccc2c(c1)CCC[C@]2(O)CNC(=O)C1(c2ccccc2)CCOCC1. The Balaban J connectivity index is 1.56. The van der Waals surface area contributed by atoms with E-state index in [9.17, 15) is 9.90 Å². The molecule has 2 aromatic rings. The standard InChI is InChI=1S/C24H29NO4/c1-28-20-9-10-21-18(16-20)6-5-11-24(21,27)17-25-22(26)23(12-14-29-15-13-23)19-7-3-2-4-8-19/h2-4,7-10,16,27H,5-6,11-15,17H2,1H3,(H,25,26)/t24-/m0/s1. The average Bonchev–Trinajstić information content (AvgIpc) is 2.78. The Kier molecular flexibility index (Phi) is 5.61. The molecule has 5 nitrogen and oxygen atoms in total. The van der Waals surface area contributed by atoms with Gasteiger partial charge in [-0.3, -0.25) is 4.79 Å². The predicted molar refractivity (Wildman–Crippen MR) is 111 cm³/mol. The van der Waals surface area contributed by atoms with Gasteiger partial charge in [-0.1, -0.05) is 36.4 Å². The maximum absolute atomic E-state index is 13.4. The summed E-state index contributed by atoms with van der Waals surface area (Å²) in [6.45, 7) is 1.34. The van der Waals surface area contributed by atoms with Crippen LogP contribution in [0.25, 0.3) is 0 Å². The lowest BCUT2D eigenvalue weighted by Crippen LogP contribution is -2.52. The maximum atomic E-state index is 13.4. The van der Waals surface area contributed by atoms with Gasteiger partial charge < -0.3 is 19.9 Å². The lowest BCUT2D eigenvalue weighted by atomic mass is 9.73. The molecule has 5 heteroatoms. The van der Waals surface area contributed by atoms with E-state index in [4.69, 9.17) is 9.47 Å². The van der Waals surface area contributed by atoms with E-state index in [1.54, 1.807) is 7.11 Å². The molecule has 154 valence electrons. The summed E-state index contributed by atoms with van der Waals surface area (Å²) in [6.07, 6.45) is 3.72. The van der Waals surface area contributed by atoms with Crippen LogP contribution in [0.15, 0.2) is 48.5 Å². The molecular weight excluding hydrogens is 366 g/mol. The number of hydrogen-bond donors (Lipinski definition) is 2. The van der Waals surface area contributed by atoms with Gasteiger partial charge in [0.15, 0.2) is 0 Å². The zero-order valence-corrected chi connectivity index (χ0v) is 16.9. The van der Waals surface area contributed by atoms with Crippen molar-refractivity contribution < 1.29 is 19.4 Å². The summed E-state index contributed by atoms with van der Waals surface area (Å²) in [7, 11) is 1.65. The first-order valence-corrected chi connectivity index (χ1v) is 10.4. The minimum Gasteiger partial charge on any atom is -0.497 e. The van der Waals surface area contributed by atoms with Gasteiger partial charge in [-0.2, -0.15) is 0 Å². The topological polar surface area (TPSA) is 67.8 Å². The van der Waals surface area contributed by atoms with E-state index in [2.05, 4.69) is 5.32 Å². The lowest BCUT2D eigenvalue weighted by molar-refractivity contribution is -0.132. The molecule has 0 radical (unpaired) electrons. The van der Waals surface area contributed by atoms with Gasteiger partial charge in [0, 0.05) is 13.2 Å². The molecule has 2 aromatic carbocycles. The number of nitrogens with one attached hydrogen (secondary N) is 1. The van der Waals surface area contributed by atoms with Crippen LogP contribution in [0.5, 0.6) is 5.75 Å². The van der Waals surface area contributed by atoms with E-state index in [0.29, 0.717) is 32.5 Å². The van der Waals surface area contributed by atoms with Crippen LogP contribution in [-0.4, -0.2) is 37.9 Å². The fourth-order valence-corrected chi connectivity index (χ4v) is 4.77. The number of rotatable bonds is 5. The molecule has 1 fully saturated rings. The van der Waals surface area contributed by atoms with Gasteiger partial charge in [-0.25, -0.2) is 0 Å². The summed E-state index contributed by atoms with van der Waals surface area (Å²) in [5, 5.41) is 14.5. The van der Waals surface area contributed by atoms with Crippen LogP contribution in [0, 0.1) is 0 Å². The summed E-state index contributed by atoms with van der Waals surface area (Å²) in [6, 6.07) is 15.7. The number of aliphatic hydroxyl groups is 1. The van der Waals surface area contributed by atoms with E-state index < -0.39 is 11.0 Å². The summed E-state index contributed by atoms with van der Waals surface area (Å²) < 4.78 is 10.9. The molecule has 29 heavy (non-hydrogen) atoms. The number of ether oxygens (including phenoxy) is 2. The highest BCUT2D eigenvalue weighted by molar-refractivity contribution is 5.88. The van der Waals surface area contributed by atoms with Crippen molar-refractivity contribution in [1.82, 2.24) is 5.32 Å². The number of methoxy groups -OCH3 is 1. The second-order valence-electron chi connectivity index (χ2n) is 8.15. The van der Waals surface area contributed by atoms with Crippen LogP contribution in [0.3, 0.4) is 0 Å². The van der Waals surface area contributed by atoms with Gasteiger partial charge in [0.2, 0.25) is 5.91 Å². The molecule has 0 unspecified atom stereocenters. The Morgan fingerprint density at radius 2 is 1.90 bits per heavy atom. The van der Waals surface area contributed by atoms with Crippen LogP contribution in [-0.2, 0) is 27.0 Å². The number of carbonyl (C=O) groups excluding carboxylic acids is 1. The number of benzene rings is 2. The molecule has 1 atom stereocenters. The smallest absolute Gasteiger partial charge is 0.230 e. The van der Waals surface area contributed by atoms with E-state index >= 15 is 0 Å². The molecule has 0 spiro atoms. The zero-order chi connectivity index (χ0) is 20.3. The molecule has 2 N–H and O–H groups in total. The Hall–Kier alpha value is -2.37. The number of amides is 1. The van der Waals surface area contributed by atoms with E-state index in [-0.39, 0.29) is 12.5 Å². The molecular formula is C24H29NO4. The Morgan fingerprint density at radius 3 is 2.62 bits per heavy atom. The van der Waals surface area contributed by atoms with Crippen molar-refractivity contribution in [3.63, 3.8) is 0 Å². The Bertz CT molecular complexity index is 860. The maximum Gasteiger partial charge on any atom is 0.230 e. The molecule has 0 bridgehead atoms. The fraction of sp³-hybridized carbons (Fsp3) is 0.458. The second kappa shape index (κ2) is 8.17. The van der Waals surface area contributed by atoms with Crippen molar-refractivity contribution in [2.24, 2.45) is 0 Å². The third-order valence-electron chi connectivity index (χ3n) is 6.50. The monoisotopic (exact) mass is 395 g/mol. The minimum atomic E-state index is -1.06. The summed E-state index contributed by atoms with van der Waals surface area (Å²) >= 11 is 0. The van der Waals surface area contributed by atoms with Crippen LogP contribution < -0.4 is 10.1 Å². The molecule has 2 aliphatic rings. The van der Waals surface area contributed by atoms with Crippen LogP contribution in [0.2, 0.25) is 0 Å². The largest absolute Gasteiger partial charge is 0.497 e. The number of fused-ring (bicyclic) bond motifs is 1.